The molecular formula is C26H30FN5O3. The van der Waals surface area contributed by atoms with E-state index in [1.54, 1.807) is 6.07 Å². The van der Waals surface area contributed by atoms with E-state index in [9.17, 15) is 14.0 Å². The molecule has 5 rings (SSSR count). The van der Waals surface area contributed by atoms with Gasteiger partial charge in [-0.05, 0) is 48.7 Å². The molecule has 2 aliphatic rings. The number of nitrogens with zero attached hydrogens (tertiary/aromatic N) is 3. The summed E-state index contributed by atoms with van der Waals surface area (Å²) >= 11 is 0. The summed E-state index contributed by atoms with van der Waals surface area (Å²) in [6.07, 6.45) is 3.29. The summed E-state index contributed by atoms with van der Waals surface area (Å²) < 4.78 is 20.0. The van der Waals surface area contributed by atoms with Crippen LogP contribution in [0.1, 0.15) is 34.8 Å². The molecule has 2 aliphatic heterocycles. The van der Waals surface area contributed by atoms with Crippen molar-refractivity contribution in [3.8, 4) is 0 Å². The molecule has 0 radical (unpaired) electrons. The van der Waals surface area contributed by atoms with Crippen molar-refractivity contribution in [2.24, 2.45) is 0 Å². The number of carbonyl (C=O) groups is 1. The van der Waals surface area contributed by atoms with Crippen LogP contribution >= 0.6 is 0 Å². The average Bonchev–Trinajstić information content (AvgIpc) is 3.37. The van der Waals surface area contributed by atoms with Crippen LogP contribution < -0.4 is 15.8 Å². The Kier molecular flexibility index (Phi) is 6.79. The predicted molar refractivity (Wildman–Crippen MR) is 132 cm³/mol. The third-order valence-corrected chi connectivity index (χ3v) is 6.81. The molecule has 8 nitrogen and oxygen atoms in total. The van der Waals surface area contributed by atoms with Crippen LogP contribution in [0.2, 0.25) is 0 Å². The van der Waals surface area contributed by atoms with E-state index in [4.69, 9.17) is 4.74 Å². The number of nitrogens with one attached hydrogen (secondary N) is 2. The van der Waals surface area contributed by atoms with Gasteiger partial charge in [0.1, 0.15) is 5.82 Å². The molecule has 184 valence electrons. The third kappa shape index (κ3) is 5.21. The zero-order valence-corrected chi connectivity index (χ0v) is 19.8. The highest BCUT2D eigenvalue weighted by Crippen LogP contribution is 2.22. The first-order chi connectivity index (χ1) is 17.0. The minimum absolute atomic E-state index is 0.0542. The number of fused-ring (bicyclic) bond motifs is 1. The van der Waals surface area contributed by atoms with Crippen molar-refractivity contribution < 1.29 is 13.9 Å². The van der Waals surface area contributed by atoms with Crippen molar-refractivity contribution >= 4 is 22.6 Å². The van der Waals surface area contributed by atoms with E-state index in [0.29, 0.717) is 19.6 Å². The Balaban J connectivity index is 1.19. The second-order valence-electron chi connectivity index (χ2n) is 9.21. The number of aryl methyl sites for hydroxylation is 1. The topological polar surface area (TPSA) is 90.6 Å². The number of piperazine rings is 1. The van der Waals surface area contributed by atoms with Crippen LogP contribution in [0, 0.1) is 5.82 Å². The maximum absolute atomic E-state index is 14.7. The highest BCUT2D eigenvalue weighted by atomic mass is 19.1. The molecule has 3 aromatic rings. The molecule has 1 atom stereocenters. The van der Waals surface area contributed by atoms with Crippen molar-refractivity contribution in [2.75, 3.05) is 44.3 Å². The molecule has 0 aliphatic carbocycles. The number of anilines is 1. The number of halogens is 1. The zero-order valence-electron chi connectivity index (χ0n) is 19.8. The molecule has 1 aromatic carbocycles. The van der Waals surface area contributed by atoms with Crippen LogP contribution in [0.4, 0.5) is 10.1 Å². The van der Waals surface area contributed by atoms with E-state index in [1.165, 1.54) is 6.07 Å². The van der Waals surface area contributed by atoms with Gasteiger partial charge in [-0.1, -0.05) is 6.92 Å². The van der Waals surface area contributed by atoms with E-state index in [2.05, 4.69) is 25.1 Å². The molecule has 0 bridgehead atoms. The standard InChI is InChI=1S/C26H30FN5O3/c1-2-18-12-23-24(30-25(18)33)11-17(14-28-23)15-31-6-8-32(9-7-31)20-3-4-21(22(27)13-20)26(34)29-19-5-10-35-16-19/h3-4,11-14,19H,2,5-10,15-16H2,1H3,(H,29,34)(H,30,33)/t19-/m1/s1. The second-order valence-corrected chi connectivity index (χ2v) is 9.21. The molecule has 0 unspecified atom stereocenters. The predicted octanol–water partition coefficient (Wildman–Crippen LogP) is 2.47. The van der Waals surface area contributed by atoms with E-state index in [1.807, 2.05) is 31.3 Å². The fourth-order valence-corrected chi connectivity index (χ4v) is 4.73. The molecule has 9 heteroatoms. The Morgan fingerprint density at radius 2 is 2.06 bits per heavy atom. The molecule has 35 heavy (non-hydrogen) atoms. The van der Waals surface area contributed by atoms with Gasteiger partial charge in [0, 0.05) is 56.8 Å². The van der Waals surface area contributed by atoms with Gasteiger partial charge in [0.05, 0.1) is 29.2 Å². The lowest BCUT2D eigenvalue weighted by atomic mass is 10.1. The summed E-state index contributed by atoms with van der Waals surface area (Å²) in [5, 5.41) is 2.83. The summed E-state index contributed by atoms with van der Waals surface area (Å²) in [6, 6.07) is 8.62. The Morgan fingerprint density at radius 1 is 1.23 bits per heavy atom. The summed E-state index contributed by atoms with van der Waals surface area (Å²) in [5.41, 5.74) is 4.11. The number of ether oxygens (including phenoxy) is 1. The Labute approximate surface area is 203 Å². The van der Waals surface area contributed by atoms with Crippen molar-refractivity contribution in [1.29, 1.82) is 0 Å². The maximum Gasteiger partial charge on any atom is 0.254 e. The van der Waals surface area contributed by atoms with Crippen LogP contribution in [-0.4, -0.2) is 66.2 Å². The number of H-pyrrole nitrogens is 1. The van der Waals surface area contributed by atoms with Gasteiger partial charge in [-0.2, -0.15) is 0 Å². The van der Waals surface area contributed by atoms with Gasteiger partial charge < -0.3 is 19.9 Å². The first-order valence-corrected chi connectivity index (χ1v) is 12.2. The number of aromatic amines is 1. The minimum atomic E-state index is -0.510. The molecule has 2 saturated heterocycles. The summed E-state index contributed by atoms with van der Waals surface area (Å²) in [4.78, 5) is 36.5. The third-order valence-electron chi connectivity index (χ3n) is 6.81. The highest BCUT2D eigenvalue weighted by Gasteiger charge is 2.22. The molecule has 2 N–H and O–H groups in total. The largest absolute Gasteiger partial charge is 0.379 e. The first-order valence-electron chi connectivity index (χ1n) is 12.2. The number of amides is 1. The van der Waals surface area contributed by atoms with Gasteiger partial charge in [0.25, 0.3) is 11.5 Å². The monoisotopic (exact) mass is 479 g/mol. The minimum Gasteiger partial charge on any atom is -0.379 e. The lowest BCUT2D eigenvalue weighted by Crippen LogP contribution is -2.46. The van der Waals surface area contributed by atoms with Gasteiger partial charge in [-0.3, -0.25) is 19.5 Å². The van der Waals surface area contributed by atoms with Crippen molar-refractivity contribution in [2.45, 2.75) is 32.4 Å². The fraction of sp³-hybridized carbons (Fsp3) is 0.423. The number of benzene rings is 1. The van der Waals surface area contributed by atoms with Gasteiger partial charge in [0.2, 0.25) is 0 Å². The molecule has 2 aromatic heterocycles. The van der Waals surface area contributed by atoms with E-state index in [-0.39, 0.29) is 17.2 Å². The molecule has 2 fully saturated rings. The number of pyridine rings is 2. The van der Waals surface area contributed by atoms with Crippen LogP contribution in [0.5, 0.6) is 0 Å². The SMILES string of the molecule is CCc1cc2ncc(CN3CCN(c4ccc(C(=O)N[C@@H]5CCOC5)c(F)c4)CC3)cc2[nH]c1=O. The Bertz CT molecular complexity index is 1280. The van der Waals surface area contributed by atoms with Crippen molar-refractivity contribution in [3.05, 3.63) is 69.4 Å². The first kappa shape index (κ1) is 23.4. The van der Waals surface area contributed by atoms with Crippen LogP contribution in [-0.2, 0) is 17.7 Å². The van der Waals surface area contributed by atoms with Gasteiger partial charge in [-0.15, -0.1) is 0 Å². The summed E-state index contributed by atoms with van der Waals surface area (Å²) in [5.74, 6) is -0.908. The van der Waals surface area contributed by atoms with Crippen molar-refractivity contribution in [1.82, 2.24) is 20.2 Å². The Morgan fingerprint density at radius 3 is 2.77 bits per heavy atom. The second kappa shape index (κ2) is 10.1. The number of rotatable bonds is 6. The zero-order chi connectivity index (χ0) is 24.4. The molecule has 4 heterocycles. The van der Waals surface area contributed by atoms with Crippen LogP contribution in [0.15, 0.2) is 41.3 Å². The van der Waals surface area contributed by atoms with Crippen molar-refractivity contribution in [3.63, 3.8) is 0 Å². The molecular weight excluding hydrogens is 449 g/mol. The number of aromatic nitrogens is 2. The summed E-state index contributed by atoms with van der Waals surface area (Å²) in [7, 11) is 0. The fourth-order valence-electron chi connectivity index (χ4n) is 4.73. The lowest BCUT2D eigenvalue weighted by Gasteiger charge is -2.36. The van der Waals surface area contributed by atoms with Gasteiger partial charge in [-0.25, -0.2) is 4.39 Å². The molecule has 1 amide bonds. The normalized spacial score (nSPS) is 18.8. The number of hydrogen-bond acceptors (Lipinski definition) is 6. The highest BCUT2D eigenvalue weighted by molar-refractivity contribution is 5.95. The summed E-state index contributed by atoms with van der Waals surface area (Å²) in [6.45, 7) is 6.91. The van der Waals surface area contributed by atoms with Crippen LogP contribution in [0.25, 0.3) is 11.0 Å². The van der Waals surface area contributed by atoms with E-state index < -0.39 is 11.7 Å². The number of hydrogen-bond donors (Lipinski definition) is 2. The lowest BCUT2D eigenvalue weighted by molar-refractivity contribution is 0.0926. The van der Waals surface area contributed by atoms with E-state index >= 15 is 0 Å². The maximum atomic E-state index is 14.7. The Hall–Kier alpha value is -3.30. The molecule has 0 spiro atoms. The number of carbonyl (C=O) groups excluding carboxylic acids is 1. The van der Waals surface area contributed by atoms with Gasteiger partial charge in [0.15, 0.2) is 0 Å². The quantitative estimate of drug-likeness (QED) is 0.565. The van der Waals surface area contributed by atoms with Gasteiger partial charge >= 0.3 is 0 Å². The molecule has 0 saturated carbocycles. The smallest absolute Gasteiger partial charge is 0.254 e. The van der Waals surface area contributed by atoms with Crippen LogP contribution in [0.3, 0.4) is 0 Å². The average molecular weight is 480 g/mol. The van der Waals surface area contributed by atoms with E-state index in [0.717, 1.165) is 67.0 Å².